The van der Waals surface area contributed by atoms with Gasteiger partial charge < -0.3 is 14.2 Å². The zero-order valence-electron chi connectivity index (χ0n) is 13.5. The summed E-state index contributed by atoms with van der Waals surface area (Å²) in [6, 6.07) is 5.78. The van der Waals surface area contributed by atoms with Crippen molar-refractivity contribution < 1.29 is 19.0 Å². The summed E-state index contributed by atoms with van der Waals surface area (Å²) < 4.78 is 15.8. The molecule has 2 bridgehead atoms. The highest BCUT2D eigenvalue weighted by Crippen LogP contribution is 2.30. The molecule has 2 aliphatic rings. The van der Waals surface area contributed by atoms with Crippen molar-refractivity contribution in [3.05, 3.63) is 23.8 Å². The minimum Gasteiger partial charge on any atom is -0.466 e. The Morgan fingerprint density at radius 2 is 2.13 bits per heavy atom. The third kappa shape index (κ3) is 4.03. The number of fused-ring (bicyclic) bond motifs is 2. The summed E-state index contributed by atoms with van der Waals surface area (Å²) in [6.45, 7) is 3.39. The van der Waals surface area contributed by atoms with Crippen molar-refractivity contribution in [1.29, 1.82) is 0 Å². The molecule has 1 aliphatic carbocycles. The van der Waals surface area contributed by atoms with Crippen molar-refractivity contribution in [2.45, 2.75) is 32.6 Å². The van der Waals surface area contributed by atoms with Crippen LogP contribution < -0.4 is 9.47 Å². The van der Waals surface area contributed by atoms with Gasteiger partial charge in [-0.25, -0.2) is 0 Å². The molecule has 3 rings (SSSR count). The lowest BCUT2D eigenvalue weighted by Crippen LogP contribution is -2.24. The molecule has 0 spiro atoms. The highest BCUT2D eigenvalue weighted by Gasteiger charge is 2.26. The summed E-state index contributed by atoms with van der Waals surface area (Å²) >= 11 is 0. The standard InChI is InChI=1S/C18H23NO4/c1-2-21-18(20)14-5-3-13(4-6-14)10-19-11-15-7-8-16-9-17(15)23-12-22-16/h7-9,11,13-14H,2-6,10,12H2,1H3. The third-order valence-electron chi connectivity index (χ3n) is 4.49. The van der Waals surface area contributed by atoms with Crippen LogP contribution >= 0.6 is 0 Å². The van der Waals surface area contributed by atoms with Gasteiger partial charge in [-0.05, 0) is 50.7 Å². The number of aliphatic imine (C=N–C) groups is 1. The molecule has 0 radical (unpaired) electrons. The van der Waals surface area contributed by atoms with E-state index in [1.807, 2.05) is 31.3 Å². The van der Waals surface area contributed by atoms with E-state index in [0.29, 0.717) is 12.5 Å². The lowest BCUT2D eigenvalue weighted by molar-refractivity contribution is -0.149. The predicted octanol–water partition coefficient (Wildman–Crippen LogP) is 3.20. The monoisotopic (exact) mass is 317 g/mol. The molecule has 1 heterocycles. The van der Waals surface area contributed by atoms with Crippen LogP contribution in [0, 0.1) is 11.8 Å². The zero-order valence-corrected chi connectivity index (χ0v) is 13.5. The van der Waals surface area contributed by atoms with Gasteiger partial charge in [0.25, 0.3) is 0 Å². The molecular formula is C18H23NO4. The summed E-state index contributed by atoms with van der Waals surface area (Å²) in [4.78, 5) is 16.3. The molecule has 1 aromatic rings. The molecule has 1 aliphatic heterocycles. The smallest absolute Gasteiger partial charge is 0.308 e. The SMILES string of the molecule is CCOC(=O)C1CCC(CN=Cc2ccc3cc2OCO3)CC1. The lowest BCUT2D eigenvalue weighted by Gasteiger charge is -2.26. The molecule has 124 valence electrons. The van der Waals surface area contributed by atoms with Gasteiger partial charge in [-0.1, -0.05) is 0 Å². The Morgan fingerprint density at radius 1 is 1.30 bits per heavy atom. The van der Waals surface area contributed by atoms with Crippen LogP contribution in [-0.4, -0.2) is 32.1 Å². The highest BCUT2D eigenvalue weighted by molar-refractivity contribution is 5.84. The van der Waals surface area contributed by atoms with Crippen LogP contribution in [0.3, 0.4) is 0 Å². The van der Waals surface area contributed by atoms with E-state index in [0.717, 1.165) is 49.3 Å². The van der Waals surface area contributed by atoms with Crippen molar-refractivity contribution in [3.8, 4) is 11.5 Å². The van der Waals surface area contributed by atoms with Gasteiger partial charge in [0.2, 0.25) is 6.79 Å². The molecule has 0 amide bonds. The average molecular weight is 317 g/mol. The number of esters is 1. The Balaban J connectivity index is 1.47. The summed E-state index contributed by atoms with van der Waals surface area (Å²) in [6.07, 6.45) is 5.79. The van der Waals surface area contributed by atoms with Crippen molar-refractivity contribution in [1.82, 2.24) is 0 Å². The molecule has 0 unspecified atom stereocenters. The lowest BCUT2D eigenvalue weighted by atomic mass is 9.82. The first-order valence-corrected chi connectivity index (χ1v) is 8.32. The van der Waals surface area contributed by atoms with Crippen molar-refractivity contribution in [2.24, 2.45) is 16.8 Å². The molecule has 5 heteroatoms. The van der Waals surface area contributed by atoms with Gasteiger partial charge in [0.05, 0.1) is 12.5 Å². The highest BCUT2D eigenvalue weighted by atomic mass is 16.7. The van der Waals surface area contributed by atoms with Gasteiger partial charge in [0, 0.05) is 24.4 Å². The second-order valence-corrected chi connectivity index (χ2v) is 6.07. The minimum absolute atomic E-state index is 0.0343. The molecule has 0 aromatic heterocycles. The van der Waals surface area contributed by atoms with E-state index in [9.17, 15) is 4.79 Å². The second-order valence-electron chi connectivity index (χ2n) is 6.07. The number of nitrogens with zero attached hydrogens (tertiary/aromatic N) is 1. The number of rotatable bonds is 5. The van der Waals surface area contributed by atoms with Gasteiger partial charge in [-0.2, -0.15) is 0 Å². The number of ether oxygens (including phenoxy) is 3. The number of hydrogen-bond acceptors (Lipinski definition) is 5. The average Bonchev–Trinajstić information content (AvgIpc) is 2.58. The van der Waals surface area contributed by atoms with E-state index in [1.165, 1.54) is 0 Å². The van der Waals surface area contributed by atoms with Crippen LogP contribution in [0.1, 0.15) is 38.2 Å². The Hall–Kier alpha value is -2.04. The molecule has 1 saturated carbocycles. The first-order chi connectivity index (χ1) is 11.3. The molecule has 1 aromatic carbocycles. The van der Waals surface area contributed by atoms with E-state index in [2.05, 4.69) is 4.99 Å². The third-order valence-corrected chi connectivity index (χ3v) is 4.49. The van der Waals surface area contributed by atoms with Gasteiger partial charge in [0.15, 0.2) is 0 Å². The maximum Gasteiger partial charge on any atom is 0.308 e. The maximum atomic E-state index is 11.7. The molecule has 23 heavy (non-hydrogen) atoms. The fraction of sp³-hybridized carbons (Fsp3) is 0.556. The molecule has 0 N–H and O–H groups in total. The Morgan fingerprint density at radius 3 is 2.91 bits per heavy atom. The zero-order chi connectivity index (χ0) is 16.1. The quantitative estimate of drug-likeness (QED) is 0.618. The topological polar surface area (TPSA) is 57.1 Å². The van der Waals surface area contributed by atoms with Crippen molar-refractivity contribution in [3.63, 3.8) is 0 Å². The van der Waals surface area contributed by atoms with E-state index in [-0.39, 0.29) is 18.7 Å². The minimum atomic E-state index is -0.0343. The second kappa shape index (κ2) is 7.49. The van der Waals surface area contributed by atoms with E-state index < -0.39 is 0 Å². The van der Waals surface area contributed by atoms with Gasteiger partial charge in [-0.15, -0.1) is 0 Å². The van der Waals surface area contributed by atoms with Crippen LogP contribution in [0.25, 0.3) is 0 Å². The van der Waals surface area contributed by atoms with Crippen LogP contribution in [0.2, 0.25) is 0 Å². The first kappa shape index (κ1) is 15.8. The number of carbonyl (C=O) groups excluding carboxylic acids is 1. The number of hydrogen-bond donors (Lipinski definition) is 0. The first-order valence-electron chi connectivity index (χ1n) is 8.32. The van der Waals surface area contributed by atoms with E-state index >= 15 is 0 Å². The van der Waals surface area contributed by atoms with Gasteiger partial charge in [0.1, 0.15) is 11.5 Å². The summed E-state index contributed by atoms with van der Waals surface area (Å²) in [5.74, 6) is 2.26. The fourth-order valence-corrected chi connectivity index (χ4v) is 3.14. The van der Waals surface area contributed by atoms with Gasteiger partial charge in [-0.3, -0.25) is 9.79 Å². The molecule has 0 atom stereocenters. The largest absolute Gasteiger partial charge is 0.466 e. The Labute approximate surface area is 136 Å². The predicted molar refractivity (Wildman–Crippen MR) is 87.1 cm³/mol. The number of benzene rings is 1. The summed E-state index contributed by atoms with van der Waals surface area (Å²) in [5, 5.41) is 0. The maximum absolute atomic E-state index is 11.7. The van der Waals surface area contributed by atoms with Gasteiger partial charge >= 0.3 is 5.97 Å². The fourth-order valence-electron chi connectivity index (χ4n) is 3.14. The Kier molecular flexibility index (Phi) is 5.16. The molecule has 5 nitrogen and oxygen atoms in total. The normalized spacial score (nSPS) is 23.2. The molecule has 1 fully saturated rings. The van der Waals surface area contributed by atoms with Crippen LogP contribution in [0.5, 0.6) is 11.5 Å². The van der Waals surface area contributed by atoms with E-state index in [4.69, 9.17) is 14.2 Å². The van der Waals surface area contributed by atoms with Crippen LogP contribution in [0.15, 0.2) is 23.2 Å². The van der Waals surface area contributed by atoms with Crippen molar-refractivity contribution >= 4 is 12.2 Å². The van der Waals surface area contributed by atoms with Crippen molar-refractivity contribution in [2.75, 3.05) is 19.9 Å². The Bertz CT molecular complexity index is 576. The summed E-state index contributed by atoms with van der Waals surface area (Å²) in [5.41, 5.74) is 0.984. The van der Waals surface area contributed by atoms with Crippen LogP contribution in [0.4, 0.5) is 0 Å². The molecule has 0 saturated heterocycles. The molecular weight excluding hydrogens is 294 g/mol. The number of carbonyl (C=O) groups is 1. The van der Waals surface area contributed by atoms with Crippen LogP contribution in [-0.2, 0) is 9.53 Å². The van der Waals surface area contributed by atoms with E-state index in [1.54, 1.807) is 0 Å². The summed E-state index contributed by atoms with van der Waals surface area (Å²) in [7, 11) is 0.